The van der Waals surface area contributed by atoms with Crippen molar-refractivity contribution in [3.05, 3.63) is 130 Å². The number of hydrogen-bond acceptors (Lipinski definition) is 4. The molecule has 6 heteroatoms. The first-order valence-corrected chi connectivity index (χ1v) is 11.9. The van der Waals surface area contributed by atoms with E-state index in [1.807, 2.05) is 71.6 Å². The number of nitrogens with zero attached hydrogens (tertiary/aromatic N) is 2. The minimum Gasteiger partial charge on any atom is -0.491 e. The van der Waals surface area contributed by atoms with Crippen LogP contribution < -0.4 is 15.4 Å². The maximum absolute atomic E-state index is 14.7. The molecule has 176 valence electrons. The Morgan fingerprint density at radius 3 is 2.14 bits per heavy atom. The molecule has 6 nitrogen and oxygen atoms in total. The molecule has 7 rings (SSSR count). The molecule has 0 saturated carbocycles. The van der Waals surface area contributed by atoms with Crippen LogP contribution in [0.5, 0.6) is 5.75 Å². The summed E-state index contributed by atoms with van der Waals surface area (Å²) in [4.78, 5) is 28.8. The van der Waals surface area contributed by atoms with Crippen molar-refractivity contribution in [1.82, 2.24) is 4.57 Å². The van der Waals surface area contributed by atoms with Crippen LogP contribution in [-0.4, -0.2) is 17.1 Å². The van der Waals surface area contributed by atoms with Gasteiger partial charge in [-0.25, -0.2) is 4.79 Å². The smallest absolute Gasteiger partial charge is 0.419 e. The van der Waals surface area contributed by atoms with Crippen LogP contribution in [0.3, 0.4) is 0 Å². The van der Waals surface area contributed by atoms with Crippen LogP contribution in [0.1, 0.15) is 28.3 Å². The Kier molecular flexibility index (Phi) is 4.30. The highest BCUT2D eigenvalue weighted by Crippen LogP contribution is 2.55. The van der Waals surface area contributed by atoms with Gasteiger partial charge in [0.2, 0.25) is 5.91 Å². The minimum atomic E-state index is -1.02. The molecule has 3 heterocycles. The summed E-state index contributed by atoms with van der Waals surface area (Å²) in [5.41, 5.74) is 4.62. The highest BCUT2D eigenvalue weighted by atomic mass is 16.5. The van der Waals surface area contributed by atoms with E-state index in [1.165, 1.54) is 4.57 Å². The molecule has 2 aliphatic rings. The fraction of sp³-hybridized carbons (Fsp3) is 0.133. The number of hydrogen-bond donors (Lipinski definition) is 0. The van der Waals surface area contributed by atoms with Crippen LogP contribution in [-0.2, 0) is 17.3 Å². The van der Waals surface area contributed by atoms with Gasteiger partial charge in [-0.05, 0) is 28.8 Å². The first kappa shape index (κ1) is 20.8. The number of amides is 1. The van der Waals surface area contributed by atoms with E-state index in [-0.39, 0.29) is 18.6 Å². The van der Waals surface area contributed by atoms with Crippen LogP contribution in [0.15, 0.2) is 106 Å². The zero-order valence-corrected chi connectivity index (χ0v) is 19.5. The summed E-state index contributed by atoms with van der Waals surface area (Å²) in [7, 11) is 1.67. The molecule has 1 unspecified atom stereocenters. The molecule has 1 aromatic heterocycles. The normalized spacial score (nSPS) is 18.2. The van der Waals surface area contributed by atoms with E-state index >= 15 is 0 Å². The van der Waals surface area contributed by atoms with E-state index in [4.69, 9.17) is 9.15 Å². The first-order valence-electron chi connectivity index (χ1n) is 11.9. The highest BCUT2D eigenvalue weighted by molar-refractivity contribution is 6.12. The van der Waals surface area contributed by atoms with Crippen molar-refractivity contribution in [2.45, 2.75) is 11.5 Å². The average molecular weight is 475 g/mol. The van der Waals surface area contributed by atoms with Crippen molar-refractivity contribution in [3.8, 4) is 5.75 Å². The van der Waals surface area contributed by atoms with Crippen molar-refractivity contribution in [2.24, 2.45) is 7.05 Å². The van der Waals surface area contributed by atoms with Gasteiger partial charge in [-0.15, -0.1) is 0 Å². The van der Waals surface area contributed by atoms with E-state index < -0.39 is 11.2 Å². The number of fused-ring (bicyclic) bond motifs is 5. The van der Waals surface area contributed by atoms with Crippen LogP contribution >= 0.6 is 0 Å². The van der Waals surface area contributed by atoms with Gasteiger partial charge in [0.05, 0.1) is 11.6 Å². The van der Waals surface area contributed by atoms with Gasteiger partial charge in [-0.1, -0.05) is 78.9 Å². The van der Waals surface area contributed by atoms with Gasteiger partial charge in [-0.2, -0.15) is 0 Å². The third-order valence-corrected chi connectivity index (χ3v) is 7.49. The molecule has 0 bridgehead atoms. The fourth-order valence-electron chi connectivity index (χ4n) is 5.76. The maximum atomic E-state index is 14.7. The van der Waals surface area contributed by atoms with Crippen LogP contribution in [0.25, 0.3) is 11.1 Å². The summed E-state index contributed by atoms with van der Waals surface area (Å²) < 4.78 is 13.0. The summed E-state index contributed by atoms with van der Waals surface area (Å²) in [6.45, 7) is 0.186. The van der Waals surface area contributed by atoms with Gasteiger partial charge in [0.25, 0.3) is 0 Å². The topological polar surface area (TPSA) is 64.7 Å². The van der Waals surface area contributed by atoms with Crippen molar-refractivity contribution < 1.29 is 13.9 Å². The second kappa shape index (κ2) is 7.46. The number of para-hydroxylation sites is 1. The lowest BCUT2D eigenvalue weighted by Gasteiger charge is -2.31. The second-order valence-electron chi connectivity index (χ2n) is 9.35. The standard InChI is InChI=1S/C30H22N2O4/c1-31-24-16-22-25(17-26(24)36-29(31)34)35-18-30(22)21-14-8-9-15-23(21)32(28(30)33)27(19-10-4-2-5-11-19)20-12-6-3-7-13-20/h2-17,27H,18H2,1H3. The van der Waals surface area contributed by atoms with Crippen LogP contribution in [0.4, 0.5) is 5.69 Å². The van der Waals surface area contributed by atoms with Crippen molar-refractivity contribution in [1.29, 1.82) is 0 Å². The quantitative estimate of drug-likeness (QED) is 0.371. The molecule has 4 aromatic carbocycles. The molecular formula is C30H22N2O4. The third-order valence-electron chi connectivity index (χ3n) is 7.49. The number of carbonyl (C=O) groups excluding carboxylic acids is 1. The molecular weight excluding hydrogens is 452 g/mol. The summed E-state index contributed by atoms with van der Waals surface area (Å²) in [5.74, 6) is 0.0709. The van der Waals surface area contributed by atoms with E-state index in [9.17, 15) is 9.59 Å². The SMILES string of the molecule is Cn1c(=O)oc2cc3c(cc21)C1(CO3)C(=O)N(C(c2ccccc2)c2ccccc2)c2ccccc21. The molecule has 0 fully saturated rings. The Labute approximate surface area is 207 Å². The molecule has 1 atom stereocenters. The number of anilines is 1. The number of carbonyl (C=O) groups is 1. The maximum Gasteiger partial charge on any atom is 0.419 e. The Balaban J connectivity index is 1.48. The second-order valence-corrected chi connectivity index (χ2v) is 9.35. The molecule has 0 saturated heterocycles. The molecule has 1 spiro atoms. The summed E-state index contributed by atoms with van der Waals surface area (Å²) in [5, 5.41) is 0. The Morgan fingerprint density at radius 2 is 1.44 bits per heavy atom. The number of aryl methyl sites for hydroxylation is 1. The highest BCUT2D eigenvalue weighted by Gasteiger charge is 2.58. The molecule has 36 heavy (non-hydrogen) atoms. The van der Waals surface area contributed by atoms with Crippen molar-refractivity contribution in [3.63, 3.8) is 0 Å². The first-order chi connectivity index (χ1) is 17.6. The molecule has 0 radical (unpaired) electrons. The number of rotatable bonds is 3. The Morgan fingerprint density at radius 1 is 0.806 bits per heavy atom. The Hall–Kier alpha value is -4.58. The van der Waals surface area contributed by atoms with E-state index in [1.54, 1.807) is 13.1 Å². The zero-order valence-electron chi connectivity index (χ0n) is 19.5. The van der Waals surface area contributed by atoms with Crippen LogP contribution in [0.2, 0.25) is 0 Å². The average Bonchev–Trinajstić information content (AvgIpc) is 3.51. The number of benzene rings is 4. The predicted octanol–water partition coefficient (Wildman–Crippen LogP) is 4.95. The van der Waals surface area contributed by atoms with Gasteiger partial charge in [0, 0.05) is 24.4 Å². The van der Waals surface area contributed by atoms with Gasteiger partial charge in [0.15, 0.2) is 5.58 Å². The van der Waals surface area contributed by atoms with E-state index in [2.05, 4.69) is 24.3 Å². The third kappa shape index (κ3) is 2.67. The summed E-state index contributed by atoms with van der Waals surface area (Å²) >= 11 is 0. The molecule has 5 aromatic rings. The fourth-order valence-corrected chi connectivity index (χ4v) is 5.76. The largest absolute Gasteiger partial charge is 0.491 e. The predicted molar refractivity (Wildman–Crippen MR) is 136 cm³/mol. The zero-order chi connectivity index (χ0) is 24.4. The summed E-state index contributed by atoms with van der Waals surface area (Å²) in [6.07, 6.45) is 0. The number of aromatic nitrogens is 1. The van der Waals surface area contributed by atoms with E-state index in [0.29, 0.717) is 16.8 Å². The molecule has 0 aliphatic carbocycles. The van der Waals surface area contributed by atoms with Crippen LogP contribution in [0, 0.1) is 0 Å². The van der Waals surface area contributed by atoms with Crippen molar-refractivity contribution in [2.75, 3.05) is 11.5 Å². The molecule has 1 amide bonds. The molecule has 0 N–H and O–H groups in total. The minimum absolute atomic E-state index is 0.0481. The summed E-state index contributed by atoms with van der Waals surface area (Å²) in [6, 6.07) is 31.4. The van der Waals surface area contributed by atoms with E-state index in [0.717, 1.165) is 27.9 Å². The van der Waals surface area contributed by atoms with Gasteiger partial charge in [-0.3, -0.25) is 14.3 Å². The lowest BCUT2D eigenvalue weighted by atomic mass is 9.77. The number of ether oxygens (including phenoxy) is 1. The van der Waals surface area contributed by atoms with Gasteiger partial charge < -0.3 is 9.15 Å². The molecule has 2 aliphatic heterocycles. The monoisotopic (exact) mass is 474 g/mol. The lowest BCUT2D eigenvalue weighted by Crippen LogP contribution is -2.44. The van der Waals surface area contributed by atoms with Gasteiger partial charge in [0.1, 0.15) is 17.8 Å². The van der Waals surface area contributed by atoms with Crippen molar-refractivity contribution >= 4 is 22.7 Å². The lowest BCUT2D eigenvalue weighted by molar-refractivity contribution is -0.122. The van der Waals surface area contributed by atoms with Gasteiger partial charge >= 0.3 is 5.76 Å². The Bertz CT molecular complexity index is 1660. The number of oxazole rings is 1.